The molecule has 0 spiro atoms. The number of para-hydroxylation sites is 1. The highest BCUT2D eigenvalue weighted by atomic mass is 32.2. The van der Waals surface area contributed by atoms with Crippen LogP contribution in [0.1, 0.15) is 17.9 Å². The van der Waals surface area contributed by atoms with E-state index >= 15 is 0 Å². The van der Waals surface area contributed by atoms with Crippen LogP contribution in [0.5, 0.6) is 5.75 Å². The lowest BCUT2D eigenvalue weighted by Gasteiger charge is -2.25. The Morgan fingerprint density at radius 3 is 2.69 bits per heavy atom. The maximum atomic E-state index is 13.7. The Labute approximate surface area is 171 Å². The Balaban J connectivity index is 1.75. The molecule has 1 aliphatic rings. The number of benzene rings is 2. The van der Waals surface area contributed by atoms with Crippen LogP contribution in [0.25, 0.3) is 0 Å². The predicted molar refractivity (Wildman–Crippen MR) is 109 cm³/mol. The van der Waals surface area contributed by atoms with Gasteiger partial charge in [-0.25, -0.2) is 4.39 Å². The van der Waals surface area contributed by atoms with Gasteiger partial charge in [0.15, 0.2) is 0 Å². The third-order valence-electron chi connectivity index (χ3n) is 4.37. The molecule has 0 aliphatic carbocycles. The minimum Gasteiger partial charge on any atom is -0.497 e. The second kappa shape index (κ2) is 9.26. The minimum absolute atomic E-state index is 0.0789. The molecule has 1 atom stereocenters. The number of rotatable bonds is 6. The average Bonchev–Trinajstić information content (AvgIpc) is 2.73. The molecule has 6 nitrogen and oxygen atoms in total. The number of ether oxygens (including phenoxy) is 1. The van der Waals surface area contributed by atoms with Gasteiger partial charge in [0.1, 0.15) is 11.6 Å². The number of carbonyl (C=O) groups is 2. The zero-order chi connectivity index (χ0) is 20.8. The van der Waals surface area contributed by atoms with Gasteiger partial charge in [-0.05, 0) is 29.8 Å². The first-order valence-electron chi connectivity index (χ1n) is 8.77. The molecular weight excluding hydrogens is 393 g/mol. The molecule has 3 rings (SSSR count). The van der Waals surface area contributed by atoms with E-state index in [1.165, 1.54) is 18.2 Å². The molecule has 29 heavy (non-hydrogen) atoms. The van der Waals surface area contributed by atoms with Crippen molar-refractivity contribution in [1.82, 2.24) is 5.32 Å². The topological polar surface area (TPSA) is 91.2 Å². The molecule has 0 fully saturated rings. The van der Waals surface area contributed by atoms with Crippen molar-refractivity contribution in [2.45, 2.75) is 12.3 Å². The molecule has 1 aliphatic heterocycles. The molecule has 0 unspecified atom stereocenters. The molecule has 0 aromatic heterocycles. The van der Waals surface area contributed by atoms with Crippen molar-refractivity contribution in [1.29, 1.82) is 5.26 Å². The summed E-state index contributed by atoms with van der Waals surface area (Å²) in [5.41, 5.74) is 1.28. The lowest BCUT2D eigenvalue weighted by molar-refractivity contribution is -0.121. The summed E-state index contributed by atoms with van der Waals surface area (Å²) in [6, 6.07) is 15.2. The molecule has 2 amide bonds. The van der Waals surface area contributed by atoms with Gasteiger partial charge in [-0.2, -0.15) is 5.26 Å². The molecule has 2 N–H and O–H groups in total. The number of nitrogens with zero attached hydrogens (tertiary/aromatic N) is 1. The number of carbonyl (C=O) groups excluding carboxylic acids is 2. The Morgan fingerprint density at radius 1 is 1.31 bits per heavy atom. The fourth-order valence-electron chi connectivity index (χ4n) is 2.94. The summed E-state index contributed by atoms with van der Waals surface area (Å²) >= 11 is 1.04. The largest absolute Gasteiger partial charge is 0.497 e. The quantitative estimate of drug-likeness (QED) is 0.759. The molecule has 0 saturated carbocycles. The Bertz CT molecular complexity index is 999. The van der Waals surface area contributed by atoms with E-state index in [0.717, 1.165) is 17.3 Å². The van der Waals surface area contributed by atoms with Gasteiger partial charge in [0, 0.05) is 12.3 Å². The SMILES string of the molecule is COc1ccc([C@H]2CC(=O)NC(SCC(=O)Nc3ccccc3F)=C2C#N)cc1. The number of methoxy groups -OCH3 is 1. The molecule has 8 heteroatoms. The van der Waals surface area contributed by atoms with E-state index < -0.39 is 17.6 Å². The minimum atomic E-state index is -0.534. The van der Waals surface area contributed by atoms with Crippen LogP contribution in [-0.4, -0.2) is 24.7 Å². The number of hydrogen-bond donors (Lipinski definition) is 2. The third-order valence-corrected chi connectivity index (χ3v) is 5.39. The maximum Gasteiger partial charge on any atom is 0.234 e. The van der Waals surface area contributed by atoms with Gasteiger partial charge >= 0.3 is 0 Å². The van der Waals surface area contributed by atoms with Gasteiger partial charge in [0.2, 0.25) is 11.8 Å². The van der Waals surface area contributed by atoms with Crippen molar-refractivity contribution in [3.05, 3.63) is 70.5 Å². The van der Waals surface area contributed by atoms with Gasteiger partial charge in [-0.3, -0.25) is 9.59 Å². The number of nitriles is 1. The zero-order valence-corrected chi connectivity index (χ0v) is 16.4. The van der Waals surface area contributed by atoms with Crippen LogP contribution in [0.3, 0.4) is 0 Å². The van der Waals surface area contributed by atoms with Crippen molar-refractivity contribution in [3.63, 3.8) is 0 Å². The van der Waals surface area contributed by atoms with Gasteiger partial charge in [0.05, 0.1) is 35.2 Å². The average molecular weight is 411 g/mol. The van der Waals surface area contributed by atoms with E-state index in [0.29, 0.717) is 16.4 Å². The number of thioether (sulfide) groups is 1. The Hall–Kier alpha value is -3.31. The van der Waals surface area contributed by atoms with Crippen molar-refractivity contribution < 1.29 is 18.7 Å². The molecule has 148 valence electrons. The molecule has 0 bridgehead atoms. The molecule has 1 heterocycles. The van der Waals surface area contributed by atoms with Gasteiger partial charge in [-0.15, -0.1) is 0 Å². The summed E-state index contributed by atoms with van der Waals surface area (Å²) < 4.78 is 18.8. The summed E-state index contributed by atoms with van der Waals surface area (Å²) in [4.78, 5) is 24.4. The number of allylic oxidation sites excluding steroid dienone is 1. The maximum absolute atomic E-state index is 13.7. The molecule has 2 aromatic carbocycles. The number of nitrogens with one attached hydrogen (secondary N) is 2. The monoisotopic (exact) mass is 411 g/mol. The molecular formula is C21H18FN3O3S. The fraction of sp³-hybridized carbons (Fsp3) is 0.190. The number of anilines is 1. The van der Waals surface area contributed by atoms with Gasteiger partial charge in [-0.1, -0.05) is 36.0 Å². The summed E-state index contributed by atoms with van der Waals surface area (Å²) in [7, 11) is 1.56. The summed E-state index contributed by atoms with van der Waals surface area (Å²) in [5, 5.41) is 15.2. The second-order valence-corrected chi connectivity index (χ2v) is 7.23. The lowest BCUT2D eigenvalue weighted by atomic mass is 9.87. The Morgan fingerprint density at radius 2 is 2.03 bits per heavy atom. The van der Waals surface area contributed by atoms with E-state index in [2.05, 4.69) is 16.7 Å². The third kappa shape index (κ3) is 4.95. The molecule has 0 radical (unpaired) electrons. The van der Waals surface area contributed by atoms with Crippen molar-refractivity contribution in [3.8, 4) is 11.8 Å². The normalized spacial score (nSPS) is 16.0. The standard InChI is InChI=1S/C21H18FN3O3S/c1-28-14-8-6-13(7-9-14)15-10-19(26)25-21(16(15)11-23)29-12-20(27)24-18-5-3-2-4-17(18)22/h2-9,15H,10,12H2,1H3,(H,24,27)(H,25,26)/t15-/m1/s1. The van der Waals surface area contributed by atoms with E-state index in [1.807, 2.05) is 12.1 Å². The number of amides is 2. The summed E-state index contributed by atoms with van der Waals surface area (Å²) in [6.45, 7) is 0. The van der Waals surface area contributed by atoms with E-state index in [9.17, 15) is 19.2 Å². The highest BCUT2D eigenvalue weighted by Gasteiger charge is 2.30. The van der Waals surface area contributed by atoms with Crippen LogP contribution in [0, 0.1) is 17.1 Å². The van der Waals surface area contributed by atoms with Gasteiger partial charge in [0.25, 0.3) is 0 Å². The first-order valence-corrected chi connectivity index (χ1v) is 9.75. The highest BCUT2D eigenvalue weighted by Crippen LogP contribution is 2.36. The Kier molecular flexibility index (Phi) is 6.52. The van der Waals surface area contributed by atoms with E-state index in [1.54, 1.807) is 25.3 Å². The smallest absolute Gasteiger partial charge is 0.234 e. The van der Waals surface area contributed by atoms with Crippen molar-refractivity contribution in [2.75, 3.05) is 18.2 Å². The fourth-order valence-corrected chi connectivity index (χ4v) is 3.82. The van der Waals surface area contributed by atoms with Crippen molar-refractivity contribution in [2.24, 2.45) is 0 Å². The van der Waals surface area contributed by atoms with Crippen LogP contribution < -0.4 is 15.4 Å². The molecule has 0 saturated heterocycles. The summed E-state index contributed by atoms with van der Waals surface area (Å²) in [6.07, 6.45) is 0.140. The number of halogens is 1. The van der Waals surface area contributed by atoms with Crippen LogP contribution in [0.15, 0.2) is 59.1 Å². The highest BCUT2D eigenvalue weighted by molar-refractivity contribution is 8.03. The van der Waals surface area contributed by atoms with Crippen LogP contribution in [-0.2, 0) is 9.59 Å². The van der Waals surface area contributed by atoms with E-state index in [4.69, 9.17) is 4.74 Å². The predicted octanol–water partition coefficient (Wildman–Crippen LogP) is 3.54. The molecule has 2 aromatic rings. The van der Waals surface area contributed by atoms with Crippen molar-refractivity contribution >= 4 is 29.3 Å². The number of hydrogen-bond acceptors (Lipinski definition) is 5. The van der Waals surface area contributed by atoms with Gasteiger partial charge < -0.3 is 15.4 Å². The van der Waals surface area contributed by atoms with Crippen LogP contribution in [0.2, 0.25) is 0 Å². The first kappa shape index (κ1) is 20.4. The van der Waals surface area contributed by atoms with Crippen LogP contribution >= 0.6 is 11.8 Å². The second-order valence-electron chi connectivity index (χ2n) is 6.25. The van der Waals surface area contributed by atoms with Crippen LogP contribution in [0.4, 0.5) is 10.1 Å². The first-order chi connectivity index (χ1) is 14.0. The summed E-state index contributed by atoms with van der Waals surface area (Å²) in [5.74, 6) is -1.02. The zero-order valence-electron chi connectivity index (χ0n) is 15.6. The van der Waals surface area contributed by atoms with E-state index in [-0.39, 0.29) is 23.8 Å². The lowest BCUT2D eigenvalue weighted by Crippen LogP contribution is -2.31.